The molecule has 0 spiro atoms. The lowest BCUT2D eigenvalue weighted by atomic mass is 10.1. The molecule has 18 heteroatoms. The Balaban J connectivity index is 1.77. The molecule has 2 aromatic rings. The Morgan fingerprint density at radius 2 is 0.750 bits per heavy atom. The Morgan fingerprint density at radius 3 is 1.02 bits per heavy atom. The van der Waals surface area contributed by atoms with Crippen LogP contribution in [0.25, 0.3) is 0 Å². The highest BCUT2D eigenvalue weighted by atomic mass is 79.9. The molecular weight excluding hydrogens is 1060 g/mol. The number of carbonyl (C=O) groups is 4. The third kappa shape index (κ3) is 8.81. The minimum Gasteiger partial charge on any atom is -0.478 e. The van der Waals surface area contributed by atoms with Crippen LogP contribution < -0.4 is 10.6 Å². The maximum absolute atomic E-state index is 12.7. The SMILES string of the molecule is O=C(O)c1c(Br)c(Br)c(Br)c(Br)c1C(=O)NCCOCCOCCNC(=O)c1c(Br)c(Br)c(Br)c(Br)c1C(=O)O. The number of hydrogen-bond donors (Lipinski definition) is 4. The zero-order valence-electron chi connectivity index (χ0n) is 19.6. The minimum atomic E-state index is -1.27. The fraction of sp³-hybridized carbons (Fsp3) is 0.273. The number of rotatable bonds is 13. The van der Waals surface area contributed by atoms with E-state index in [2.05, 4.69) is 138 Å². The van der Waals surface area contributed by atoms with E-state index in [9.17, 15) is 29.4 Å². The van der Waals surface area contributed by atoms with E-state index >= 15 is 0 Å². The number of carboxylic acid groups (broad SMARTS) is 2. The Morgan fingerprint density at radius 1 is 0.475 bits per heavy atom. The third-order valence-electron chi connectivity index (χ3n) is 4.85. The van der Waals surface area contributed by atoms with Crippen LogP contribution in [-0.4, -0.2) is 73.5 Å². The molecule has 40 heavy (non-hydrogen) atoms. The molecule has 0 fully saturated rings. The molecule has 2 amide bonds. The molecule has 0 aromatic heterocycles. The lowest BCUT2D eigenvalue weighted by molar-refractivity contribution is 0.0485. The van der Waals surface area contributed by atoms with Crippen molar-refractivity contribution in [3.05, 3.63) is 58.0 Å². The predicted molar refractivity (Wildman–Crippen MR) is 175 cm³/mol. The summed E-state index contributed by atoms with van der Waals surface area (Å²) < 4.78 is 13.7. The number of halogens is 8. The van der Waals surface area contributed by atoms with Crippen LogP contribution in [0.3, 0.4) is 0 Å². The summed E-state index contributed by atoms with van der Waals surface area (Å²) in [5.74, 6) is -3.75. The quantitative estimate of drug-likeness (QED) is 0.0923. The summed E-state index contributed by atoms with van der Waals surface area (Å²) in [6, 6.07) is 0. The monoisotopic (exact) mass is 1070 g/mol. The van der Waals surface area contributed by atoms with Crippen LogP contribution in [0.5, 0.6) is 0 Å². The van der Waals surface area contributed by atoms with Gasteiger partial charge in [-0.1, -0.05) is 0 Å². The topological polar surface area (TPSA) is 151 Å². The summed E-state index contributed by atoms with van der Waals surface area (Å²) in [7, 11) is 0. The molecule has 0 atom stereocenters. The molecule has 10 nitrogen and oxygen atoms in total. The van der Waals surface area contributed by atoms with Crippen molar-refractivity contribution in [2.45, 2.75) is 0 Å². The first-order valence-corrected chi connectivity index (χ1v) is 17.0. The molecule has 0 saturated carbocycles. The number of nitrogens with one attached hydrogen (secondary N) is 2. The van der Waals surface area contributed by atoms with Gasteiger partial charge in [0.05, 0.1) is 48.7 Å². The standard InChI is InChI=1S/C22H16Br8N2O8/c23-11-7(9(21(35)36)13(25)17(29)15(11)27)19(33)31-1-3-39-5-6-40-4-2-32-20(34)8-10(22(37)38)14(26)18(30)16(28)12(8)24/h1-6H2,(H,31,33)(H,32,34)(H,35,36)(H,37,38). The fourth-order valence-corrected chi connectivity index (χ4v) is 8.00. The van der Waals surface area contributed by atoms with E-state index in [0.29, 0.717) is 17.9 Å². The van der Waals surface area contributed by atoms with Crippen molar-refractivity contribution in [1.29, 1.82) is 0 Å². The van der Waals surface area contributed by atoms with Crippen LogP contribution >= 0.6 is 127 Å². The highest BCUT2D eigenvalue weighted by molar-refractivity contribution is 9.15. The van der Waals surface area contributed by atoms with Gasteiger partial charge in [-0.25, -0.2) is 9.59 Å². The second-order valence-electron chi connectivity index (χ2n) is 7.36. The Labute approximate surface area is 295 Å². The molecule has 0 aliphatic heterocycles. The Kier molecular flexibility index (Phi) is 15.2. The molecule has 4 N–H and O–H groups in total. The lowest BCUT2D eigenvalue weighted by Gasteiger charge is -2.15. The van der Waals surface area contributed by atoms with Gasteiger partial charge in [-0.3, -0.25) is 9.59 Å². The number of carbonyl (C=O) groups excluding carboxylic acids is 2. The van der Waals surface area contributed by atoms with Gasteiger partial charge >= 0.3 is 11.9 Å². The number of aromatic carboxylic acids is 2. The Bertz CT molecular complexity index is 1250. The van der Waals surface area contributed by atoms with Crippen molar-refractivity contribution in [3.8, 4) is 0 Å². The van der Waals surface area contributed by atoms with Gasteiger partial charge in [-0.05, 0) is 127 Å². The predicted octanol–water partition coefficient (Wildman–Crippen LogP) is 7.38. The van der Waals surface area contributed by atoms with Gasteiger partial charge in [0.15, 0.2) is 0 Å². The number of amides is 2. The average molecular weight is 1080 g/mol. The molecule has 0 saturated heterocycles. The Hall–Kier alpha value is 0.0800. The summed E-state index contributed by atoms with van der Waals surface area (Å²) in [5, 5.41) is 24.4. The van der Waals surface area contributed by atoms with Gasteiger partial charge in [0.1, 0.15) is 0 Å². The average Bonchev–Trinajstić information content (AvgIpc) is 2.90. The van der Waals surface area contributed by atoms with Gasteiger partial charge < -0.3 is 30.3 Å². The van der Waals surface area contributed by atoms with Crippen LogP contribution in [0.1, 0.15) is 41.4 Å². The highest BCUT2D eigenvalue weighted by Crippen LogP contribution is 2.43. The number of hydrogen-bond acceptors (Lipinski definition) is 6. The van der Waals surface area contributed by atoms with Crippen molar-refractivity contribution in [2.24, 2.45) is 0 Å². The normalized spacial score (nSPS) is 10.9. The first kappa shape index (κ1) is 36.3. The zero-order valence-corrected chi connectivity index (χ0v) is 32.3. The second-order valence-corrected chi connectivity index (χ2v) is 13.7. The van der Waals surface area contributed by atoms with E-state index in [0.717, 1.165) is 0 Å². The largest absolute Gasteiger partial charge is 0.478 e. The molecule has 0 heterocycles. The highest BCUT2D eigenvalue weighted by Gasteiger charge is 2.29. The van der Waals surface area contributed by atoms with Gasteiger partial charge in [-0.2, -0.15) is 0 Å². The molecule has 2 rings (SSSR count). The molecular formula is C22H16Br8N2O8. The molecule has 0 aliphatic carbocycles. The van der Waals surface area contributed by atoms with E-state index in [-0.39, 0.29) is 79.7 Å². The molecule has 0 unspecified atom stereocenters. The number of ether oxygens (including phenoxy) is 2. The van der Waals surface area contributed by atoms with Gasteiger partial charge in [0.25, 0.3) is 11.8 Å². The molecule has 218 valence electrons. The summed E-state index contributed by atoms with van der Waals surface area (Å²) in [5.41, 5.74) is -0.504. The van der Waals surface area contributed by atoms with Crippen molar-refractivity contribution < 1.29 is 38.9 Å². The van der Waals surface area contributed by atoms with Crippen LogP contribution in [0.15, 0.2) is 35.8 Å². The van der Waals surface area contributed by atoms with E-state index in [1.807, 2.05) is 0 Å². The summed E-state index contributed by atoms with van der Waals surface area (Å²) in [6.07, 6.45) is 0. The molecule has 0 bridgehead atoms. The first-order valence-electron chi connectivity index (χ1n) is 10.6. The van der Waals surface area contributed by atoms with Crippen LogP contribution in [0, 0.1) is 0 Å². The first-order chi connectivity index (χ1) is 18.7. The summed E-state index contributed by atoms with van der Waals surface area (Å²) >= 11 is 26.1. The second kappa shape index (κ2) is 16.8. The van der Waals surface area contributed by atoms with E-state index in [1.165, 1.54) is 0 Å². The van der Waals surface area contributed by atoms with Crippen molar-refractivity contribution in [3.63, 3.8) is 0 Å². The smallest absolute Gasteiger partial charge is 0.337 e. The van der Waals surface area contributed by atoms with E-state index in [1.54, 1.807) is 0 Å². The van der Waals surface area contributed by atoms with Gasteiger partial charge in [0.2, 0.25) is 0 Å². The van der Waals surface area contributed by atoms with Crippen molar-refractivity contribution in [1.82, 2.24) is 10.6 Å². The number of carboxylic acids is 2. The van der Waals surface area contributed by atoms with Crippen LogP contribution in [0.4, 0.5) is 0 Å². The van der Waals surface area contributed by atoms with Gasteiger partial charge in [0, 0.05) is 48.9 Å². The van der Waals surface area contributed by atoms with Crippen LogP contribution in [-0.2, 0) is 9.47 Å². The summed E-state index contributed by atoms with van der Waals surface area (Å²) in [6.45, 7) is 0.916. The lowest BCUT2D eigenvalue weighted by Crippen LogP contribution is -2.30. The fourth-order valence-electron chi connectivity index (χ4n) is 3.06. The van der Waals surface area contributed by atoms with Gasteiger partial charge in [-0.15, -0.1) is 0 Å². The zero-order chi connectivity index (χ0) is 30.3. The van der Waals surface area contributed by atoms with Crippen molar-refractivity contribution in [2.75, 3.05) is 39.5 Å². The van der Waals surface area contributed by atoms with Crippen molar-refractivity contribution >= 4 is 151 Å². The minimum absolute atomic E-state index is 0.0508. The van der Waals surface area contributed by atoms with E-state index < -0.39 is 23.8 Å². The maximum Gasteiger partial charge on any atom is 0.337 e. The molecule has 0 aliphatic rings. The van der Waals surface area contributed by atoms with E-state index in [4.69, 9.17) is 9.47 Å². The summed E-state index contributed by atoms with van der Waals surface area (Å²) in [4.78, 5) is 48.8. The molecule has 0 radical (unpaired) electrons. The van der Waals surface area contributed by atoms with Crippen LogP contribution in [0.2, 0.25) is 0 Å². The maximum atomic E-state index is 12.7. The molecule has 2 aromatic carbocycles. The number of benzene rings is 2. The third-order valence-corrected chi connectivity index (χ3v) is 14.4.